The van der Waals surface area contributed by atoms with Gasteiger partial charge in [0.1, 0.15) is 17.4 Å². The molecule has 0 spiro atoms. The van der Waals surface area contributed by atoms with E-state index in [1.165, 1.54) is 25.4 Å². The van der Waals surface area contributed by atoms with E-state index < -0.39 is 20.7 Å². The minimum atomic E-state index is -3.09. The number of nitrogens with zero attached hydrogens (tertiary/aromatic N) is 2. The van der Waals surface area contributed by atoms with E-state index in [2.05, 4.69) is 10.6 Å². The first-order valence-electron chi connectivity index (χ1n) is 7.46. The largest absolute Gasteiger partial charge is 0.494 e. The minimum Gasteiger partial charge on any atom is -0.494 e. The van der Waals surface area contributed by atoms with Gasteiger partial charge in [-0.25, -0.2) is 8.42 Å². The number of benzene rings is 1. The van der Waals surface area contributed by atoms with E-state index in [0.717, 1.165) is 6.07 Å². The first-order chi connectivity index (χ1) is 12.3. The van der Waals surface area contributed by atoms with E-state index in [9.17, 15) is 23.3 Å². The molecule has 11 heteroatoms. The number of nitro groups is 1. The number of nitrogens with one attached hydrogen (secondary N) is 2. The van der Waals surface area contributed by atoms with Crippen LogP contribution >= 0.6 is 0 Å². The normalized spacial score (nSPS) is 18.6. The number of methoxy groups -OCH3 is 1. The molecule has 1 aromatic rings. The molecule has 2 rings (SSSR count). The van der Waals surface area contributed by atoms with Crippen LogP contribution in [0.2, 0.25) is 0 Å². The highest BCUT2D eigenvalue weighted by molar-refractivity contribution is 7.91. The Morgan fingerprint density at radius 1 is 1.50 bits per heavy atom. The van der Waals surface area contributed by atoms with Crippen LogP contribution in [0.1, 0.15) is 6.42 Å². The summed E-state index contributed by atoms with van der Waals surface area (Å²) in [6, 6.07) is 4.99. The van der Waals surface area contributed by atoms with Crippen molar-refractivity contribution >= 4 is 27.1 Å². The van der Waals surface area contributed by atoms with Crippen LogP contribution in [0.25, 0.3) is 0 Å². The van der Waals surface area contributed by atoms with Crippen LogP contribution in [-0.2, 0) is 14.6 Å². The van der Waals surface area contributed by atoms with E-state index in [1.54, 1.807) is 6.07 Å². The Morgan fingerprint density at radius 3 is 2.77 bits per heavy atom. The van der Waals surface area contributed by atoms with Crippen LogP contribution in [0.4, 0.5) is 11.4 Å². The van der Waals surface area contributed by atoms with Gasteiger partial charge in [0.2, 0.25) is 0 Å². The first kappa shape index (κ1) is 19.2. The fourth-order valence-corrected chi connectivity index (χ4v) is 4.05. The second-order valence-corrected chi connectivity index (χ2v) is 7.76. The van der Waals surface area contributed by atoms with Gasteiger partial charge < -0.3 is 15.4 Å². The second-order valence-electron chi connectivity index (χ2n) is 5.53. The highest BCUT2D eigenvalue weighted by Crippen LogP contribution is 2.29. The predicted molar refractivity (Wildman–Crippen MR) is 92.2 cm³/mol. The molecule has 26 heavy (non-hydrogen) atoms. The number of ether oxygens (including phenoxy) is 1. The Bertz CT molecular complexity index is 903. The van der Waals surface area contributed by atoms with Gasteiger partial charge in [0.15, 0.2) is 9.84 Å². The summed E-state index contributed by atoms with van der Waals surface area (Å²) in [6.45, 7) is 0. The molecule has 1 amide bonds. The van der Waals surface area contributed by atoms with E-state index in [4.69, 9.17) is 10.00 Å². The van der Waals surface area contributed by atoms with E-state index >= 15 is 0 Å². The van der Waals surface area contributed by atoms with Gasteiger partial charge in [-0.3, -0.25) is 14.9 Å². The number of rotatable bonds is 6. The number of carbonyl (C=O) groups is 1. The number of hydrogen-bond donors (Lipinski definition) is 2. The minimum absolute atomic E-state index is 0.0556. The van der Waals surface area contributed by atoms with Gasteiger partial charge in [-0.2, -0.15) is 5.26 Å². The van der Waals surface area contributed by atoms with Gasteiger partial charge >= 0.3 is 0 Å². The summed E-state index contributed by atoms with van der Waals surface area (Å²) in [6.07, 6.45) is 1.56. The number of amides is 1. The molecule has 1 aromatic carbocycles. The molecular weight excluding hydrogens is 364 g/mol. The highest BCUT2D eigenvalue weighted by atomic mass is 32.2. The average Bonchev–Trinajstić information content (AvgIpc) is 2.94. The summed E-state index contributed by atoms with van der Waals surface area (Å²) in [5, 5.41) is 25.1. The van der Waals surface area contributed by atoms with Crippen molar-refractivity contribution in [2.24, 2.45) is 0 Å². The molecule has 1 aliphatic rings. The molecule has 0 radical (unpaired) electrons. The average molecular weight is 380 g/mol. The van der Waals surface area contributed by atoms with Gasteiger partial charge in [0.05, 0.1) is 35.3 Å². The molecule has 0 bridgehead atoms. The number of nitriles is 1. The van der Waals surface area contributed by atoms with Crippen LogP contribution in [0.15, 0.2) is 30.0 Å². The summed E-state index contributed by atoms with van der Waals surface area (Å²) >= 11 is 0. The lowest BCUT2D eigenvalue weighted by Gasteiger charge is -2.11. The van der Waals surface area contributed by atoms with Crippen molar-refractivity contribution in [3.05, 3.63) is 40.1 Å². The zero-order valence-electron chi connectivity index (χ0n) is 13.8. The molecule has 1 unspecified atom stereocenters. The Balaban J connectivity index is 2.11. The van der Waals surface area contributed by atoms with Gasteiger partial charge in [-0.1, -0.05) is 0 Å². The number of carbonyl (C=O) groups excluding carboxylic acids is 1. The summed E-state index contributed by atoms with van der Waals surface area (Å²) in [4.78, 5) is 22.4. The fourth-order valence-electron chi connectivity index (χ4n) is 2.36. The van der Waals surface area contributed by atoms with Crippen molar-refractivity contribution in [3.63, 3.8) is 0 Å². The van der Waals surface area contributed by atoms with Crippen molar-refractivity contribution in [2.75, 3.05) is 23.9 Å². The van der Waals surface area contributed by atoms with Crippen LogP contribution in [0, 0.1) is 21.4 Å². The molecule has 138 valence electrons. The van der Waals surface area contributed by atoms with Crippen LogP contribution in [0.3, 0.4) is 0 Å². The van der Waals surface area contributed by atoms with Gasteiger partial charge in [-0.05, 0) is 12.5 Å². The van der Waals surface area contributed by atoms with Crippen molar-refractivity contribution in [1.82, 2.24) is 5.32 Å². The van der Waals surface area contributed by atoms with Crippen molar-refractivity contribution in [1.29, 1.82) is 5.26 Å². The van der Waals surface area contributed by atoms with Crippen LogP contribution in [-0.4, -0.2) is 43.9 Å². The molecule has 1 saturated heterocycles. The summed E-state index contributed by atoms with van der Waals surface area (Å²) in [7, 11) is -1.80. The number of hydrogen-bond acceptors (Lipinski definition) is 8. The SMILES string of the molecule is COc1cc([N+](=O)[O-])ccc1NC(=O)/C(C#N)=C\NC1CCS(=O)(=O)C1. The second kappa shape index (κ2) is 7.83. The fraction of sp³-hybridized carbons (Fsp3) is 0.333. The summed E-state index contributed by atoms with van der Waals surface area (Å²) in [5.41, 5.74) is -0.317. The number of anilines is 1. The quantitative estimate of drug-likeness (QED) is 0.317. The van der Waals surface area contributed by atoms with E-state index in [-0.39, 0.29) is 40.2 Å². The van der Waals surface area contributed by atoms with Gasteiger partial charge in [0, 0.05) is 18.3 Å². The molecule has 1 fully saturated rings. The van der Waals surface area contributed by atoms with E-state index in [0.29, 0.717) is 6.42 Å². The van der Waals surface area contributed by atoms with Crippen molar-refractivity contribution < 1.29 is 22.9 Å². The van der Waals surface area contributed by atoms with Crippen molar-refractivity contribution in [3.8, 4) is 11.8 Å². The first-order valence-corrected chi connectivity index (χ1v) is 9.28. The van der Waals surface area contributed by atoms with Gasteiger partial charge in [-0.15, -0.1) is 0 Å². The number of sulfone groups is 1. The molecular formula is C15H16N4O6S. The third kappa shape index (κ3) is 4.70. The maximum Gasteiger partial charge on any atom is 0.273 e. The molecule has 1 heterocycles. The monoisotopic (exact) mass is 380 g/mol. The molecule has 1 atom stereocenters. The Morgan fingerprint density at radius 2 is 2.23 bits per heavy atom. The van der Waals surface area contributed by atoms with E-state index in [1.807, 2.05) is 0 Å². The zero-order chi connectivity index (χ0) is 19.3. The lowest BCUT2D eigenvalue weighted by molar-refractivity contribution is -0.384. The zero-order valence-corrected chi connectivity index (χ0v) is 14.6. The smallest absolute Gasteiger partial charge is 0.273 e. The predicted octanol–water partition coefficient (Wildman–Crippen LogP) is 0.726. The highest BCUT2D eigenvalue weighted by Gasteiger charge is 2.27. The lowest BCUT2D eigenvalue weighted by Crippen LogP contribution is -2.27. The molecule has 2 N–H and O–H groups in total. The Kier molecular flexibility index (Phi) is 5.78. The summed E-state index contributed by atoms with van der Waals surface area (Å²) in [5.74, 6) is -0.681. The molecule has 10 nitrogen and oxygen atoms in total. The summed E-state index contributed by atoms with van der Waals surface area (Å²) < 4.78 is 27.8. The van der Waals surface area contributed by atoms with Gasteiger partial charge in [0.25, 0.3) is 11.6 Å². The van der Waals surface area contributed by atoms with Crippen LogP contribution < -0.4 is 15.4 Å². The Labute approximate surface area is 149 Å². The maximum atomic E-state index is 12.2. The maximum absolute atomic E-state index is 12.2. The molecule has 0 aromatic heterocycles. The molecule has 0 aliphatic carbocycles. The topological polar surface area (TPSA) is 151 Å². The number of non-ortho nitro benzene ring substituents is 1. The molecule has 1 aliphatic heterocycles. The van der Waals surface area contributed by atoms with Crippen LogP contribution in [0.5, 0.6) is 5.75 Å². The van der Waals surface area contributed by atoms with Crippen molar-refractivity contribution in [2.45, 2.75) is 12.5 Å². The Hall–Kier alpha value is -3.13. The standard InChI is InChI=1S/C15H16N4O6S/c1-25-14-6-12(19(21)22)2-3-13(14)18-15(20)10(7-16)8-17-11-4-5-26(23,24)9-11/h2-3,6,8,11,17H,4-5,9H2,1H3,(H,18,20)/b10-8-. The number of nitro benzene ring substituents is 1. The molecule has 0 saturated carbocycles. The third-order valence-electron chi connectivity index (χ3n) is 3.71. The third-order valence-corrected chi connectivity index (χ3v) is 5.47. The lowest BCUT2D eigenvalue weighted by atomic mass is 10.2.